The molecule has 416 valence electrons. The molecule has 6 N–H and O–H groups in total. The third-order valence-corrected chi connectivity index (χ3v) is 15.8. The number of benzene rings is 5. The number of thiazole rings is 1. The van der Waals surface area contributed by atoms with Gasteiger partial charge in [0.05, 0.1) is 27.8 Å². The highest BCUT2D eigenvalue weighted by Gasteiger charge is 2.61. The van der Waals surface area contributed by atoms with Gasteiger partial charge in [0.1, 0.15) is 46.5 Å². The first-order chi connectivity index (χ1) is 38.0. The summed E-state index contributed by atoms with van der Waals surface area (Å²) in [4.78, 5) is 72.1. The molecule has 2 aliphatic heterocycles. The van der Waals surface area contributed by atoms with E-state index in [2.05, 4.69) is 9.98 Å². The van der Waals surface area contributed by atoms with E-state index in [1.54, 1.807) is 36.4 Å². The summed E-state index contributed by atoms with van der Waals surface area (Å²) < 4.78 is 68.1. The molecule has 80 heavy (non-hydrogen) atoms. The Kier molecular flexibility index (Phi) is 16.3. The lowest BCUT2D eigenvalue weighted by Crippen LogP contribution is -2.47. The van der Waals surface area contributed by atoms with E-state index >= 15 is 0 Å². The minimum absolute atomic E-state index is 0.0304. The van der Waals surface area contributed by atoms with E-state index in [0.717, 1.165) is 47.7 Å². The van der Waals surface area contributed by atoms with Crippen molar-refractivity contribution in [1.82, 2.24) is 24.6 Å². The Balaban J connectivity index is 0.000000198. The molecule has 3 heterocycles. The standard InChI is InChI=1S/C32H28ClF2N5O3S.C24H24ClF2N5O3S/c1-39(2)31(42)43-16-27(19-8-11-25(33)24(12-19)28-37-26(17-44-28)18-6-4-3-5-7-18)40-29(41)32(20-9-10-20,38-30(40)36)21-13-22(34)15-23(35)14-21;1-31(2)23(34)35-11-19(12-3-6-18(25)17(7-12)20(28)36)32-21(33)24(13-4-5-13,30-22(32)29)14-8-15(26)10-16(27)9-14/h3-8,11-15,17,20,27H,9-10,16H2,1-2H3,(H2,36,38);3,6-10,13,19H,4-5,11H2,1-2H3,(H2,28,36)(H2,29,30)/t27-,32-;19-,24-/m11/s1. The summed E-state index contributed by atoms with van der Waals surface area (Å²) >= 11 is 19.4. The van der Waals surface area contributed by atoms with Crippen molar-refractivity contribution in [3.05, 3.63) is 170 Å². The zero-order valence-corrected chi connectivity index (χ0v) is 46.5. The van der Waals surface area contributed by atoms with Gasteiger partial charge in [-0.1, -0.05) is 77.9 Å². The molecule has 16 nitrogen and oxygen atoms in total. The third kappa shape index (κ3) is 11.3. The molecule has 4 atom stereocenters. The van der Waals surface area contributed by atoms with Gasteiger partial charge in [0.15, 0.2) is 23.0 Å². The second-order valence-corrected chi connectivity index (χ2v) is 22.0. The van der Waals surface area contributed by atoms with Crippen molar-refractivity contribution in [3.63, 3.8) is 0 Å². The highest BCUT2D eigenvalue weighted by atomic mass is 35.5. The Bertz CT molecular complexity index is 3470. The molecule has 5 aromatic carbocycles. The average Bonchev–Trinajstić information content (AvgIpc) is 4.52. The Morgan fingerprint density at radius 1 is 0.688 bits per heavy atom. The number of halogens is 6. The lowest BCUT2D eigenvalue weighted by atomic mass is 9.84. The van der Waals surface area contributed by atoms with Crippen molar-refractivity contribution in [2.45, 2.75) is 48.8 Å². The van der Waals surface area contributed by atoms with Crippen molar-refractivity contribution in [2.24, 2.45) is 39.0 Å². The number of aromatic nitrogens is 1. The Morgan fingerprint density at radius 3 is 1.55 bits per heavy atom. The second-order valence-electron chi connectivity index (χ2n) is 19.9. The highest BCUT2D eigenvalue weighted by molar-refractivity contribution is 7.80. The summed E-state index contributed by atoms with van der Waals surface area (Å²) in [6.45, 7) is -0.568. The minimum atomic E-state index is -1.61. The van der Waals surface area contributed by atoms with Gasteiger partial charge in [-0.05, 0) is 108 Å². The number of rotatable bonds is 15. The fourth-order valence-corrected chi connectivity index (χ4v) is 11.4. The fraction of sp³-hybridized carbons (Fsp3) is 0.286. The Morgan fingerprint density at radius 2 is 1.12 bits per heavy atom. The molecule has 4 aliphatic rings. The number of thiocarbonyl (C=S) groups is 1. The van der Waals surface area contributed by atoms with Crippen LogP contribution in [0.5, 0.6) is 0 Å². The van der Waals surface area contributed by atoms with Crippen LogP contribution in [-0.4, -0.2) is 107 Å². The number of amides is 4. The second kappa shape index (κ2) is 22.8. The molecule has 0 radical (unpaired) electrons. The van der Waals surface area contributed by atoms with Crippen molar-refractivity contribution in [1.29, 1.82) is 0 Å². The van der Waals surface area contributed by atoms with Gasteiger partial charge in [-0.25, -0.2) is 42.1 Å². The molecule has 24 heteroatoms. The van der Waals surface area contributed by atoms with Crippen LogP contribution in [0, 0.1) is 35.1 Å². The molecule has 6 aromatic rings. The molecule has 0 spiro atoms. The maximum atomic E-state index is 14.4. The number of nitrogens with zero attached hydrogens (tertiary/aromatic N) is 7. The quantitative estimate of drug-likeness (QED) is 0.0650. The lowest BCUT2D eigenvalue weighted by molar-refractivity contribution is -0.135. The van der Waals surface area contributed by atoms with E-state index in [4.69, 9.17) is 67.1 Å². The fourth-order valence-electron chi connectivity index (χ4n) is 9.86. The van der Waals surface area contributed by atoms with Gasteiger partial charge in [0, 0.05) is 62.4 Å². The van der Waals surface area contributed by atoms with Crippen LogP contribution in [0.15, 0.2) is 118 Å². The maximum Gasteiger partial charge on any atom is 0.409 e. The van der Waals surface area contributed by atoms with Gasteiger partial charge in [0.25, 0.3) is 11.8 Å². The predicted molar refractivity (Wildman–Crippen MR) is 299 cm³/mol. The SMILES string of the molecule is CN(C)C(=O)OC[C@H](c1ccc(Cl)c(-c2nc(-c3ccccc3)cs2)c1)N1C(=O)[C@](c2cc(F)cc(F)c2)(C2CC2)N=C1N.CN(C)C(=O)OC[C@H](c1ccc(Cl)c(C(N)=S)c1)N1C(=O)[C@](c2cc(F)cc(F)c2)(C2CC2)N=C1N. The summed E-state index contributed by atoms with van der Waals surface area (Å²) in [6, 6.07) is 23.7. The number of carbonyl (C=O) groups excluding carboxylic acids is 4. The van der Waals surface area contributed by atoms with Crippen LogP contribution in [0.2, 0.25) is 10.0 Å². The van der Waals surface area contributed by atoms with Gasteiger partial charge in [-0.3, -0.25) is 19.4 Å². The summed E-state index contributed by atoms with van der Waals surface area (Å²) in [5.41, 5.74) is 19.2. The zero-order valence-electron chi connectivity index (χ0n) is 43.3. The summed E-state index contributed by atoms with van der Waals surface area (Å²) in [6.07, 6.45) is 1.25. The molecule has 4 amide bonds. The molecule has 1 aromatic heterocycles. The number of hydrogen-bond donors (Lipinski definition) is 3. The summed E-state index contributed by atoms with van der Waals surface area (Å²) in [5, 5.41) is 3.31. The predicted octanol–water partition coefficient (Wildman–Crippen LogP) is 10.1. The van der Waals surface area contributed by atoms with Crippen LogP contribution in [0.4, 0.5) is 27.2 Å². The van der Waals surface area contributed by atoms with Gasteiger partial charge >= 0.3 is 12.2 Å². The van der Waals surface area contributed by atoms with E-state index in [1.807, 2.05) is 35.7 Å². The Hall–Kier alpha value is -7.66. The van der Waals surface area contributed by atoms with E-state index in [9.17, 15) is 36.7 Å². The average molecular weight is 1170 g/mol. The van der Waals surface area contributed by atoms with Crippen molar-refractivity contribution in [3.8, 4) is 21.8 Å². The van der Waals surface area contributed by atoms with E-state index in [-0.39, 0.29) is 53.1 Å². The van der Waals surface area contributed by atoms with Gasteiger partial charge < -0.3 is 36.5 Å². The molecule has 10 rings (SSSR count). The van der Waals surface area contributed by atoms with Crippen LogP contribution in [0.25, 0.3) is 21.8 Å². The van der Waals surface area contributed by atoms with E-state index < -0.39 is 70.4 Å². The minimum Gasteiger partial charge on any atom is -0.447 e. The molecular weight excluding hydrogens is 1120 g/mol. The molecular formula is C56H52Cl2F4N10O6S2. The van der Waals surface area contributed by atoms with Crippen LogP contribution in [0.3, 0.4) is 0 Å². The first kappa shape index (κ1) is 57.0. The monoisotopic (exact) mass is 1170 g/mol. The highest BCUT2D eigenvalue weighted by Crippen LogP contribution is 2.54. The molecule has 2 saturated carbocycles. The van der Waals surface area contributed by atoms with Gasteiger partial charge in [0.2, 0.25) is 0 Å². The molecule has 0 unspecified atom stereocenters. The van der Waals surface area contributed by atoms with Crippen LogP contribution >= 0.6 is 46.8 Å². The summed E-state index contributed by atoms with van der Waals surface area (Å²) in [5.74, 6) is -5.34. The molecule has 0 saturated heterocycles. The normalized spacial score (nSPS) is 19.4. The van der Waals surface area contributed by atoms with E-state index in [0.29, 0.717) is 63.0 Å². The van der Waals surface area contributed by atoms with Crippen LogP contribution in [-0.2, 0) is 30.1 Å². The zero-order chi connectivity index (χ0) is 57.5. The van der Waals surface area contributed by atoms with Crippen molar-refractivity contribution >= 4 is 87.7 Å². The first-order valence-electron chi connectivity index (χ1n) is 24.9. The third-order valence-electron chi connectivity index (χ3n) is 14.0. The van der Waals surface area contributed by atoms with Crippen molar-refractivity contribution in [2.75, 3.05) is 41.4 Å². The number of guanidine groups is 2. The summed E-state index contributed by atoms with van der Waals surface area (Å²) in [7, 11) is 6.10. The molecule has 0 bridgehead atoms. The Labute approximate surface area is 476 Å². The smallest absolute Gasteiger partial charge is 0.409 e. The topological polar surface area (TPSA) is 215 Å². The van der Waals surface area contributed by atoms with Crippen molar-refractivity contribution < 1.29 is 46.2 Å². The van der Waals surface area contributed by atoms with E-state index in [1.165, 1.54) is 59.1 Å². The first-order valence-corrected chi connectivity index (χ1v) is 27.0. The number of ether oxygens (including phenoxy) is 2. The lowest BCUT2D eigenvalue weighted by Gasteiger charge is -2.32. The van der Waals surface area contributed by atoms with Crippen LogP contribution in [0.1, 0.15) is 65.6 Å². The maximum absolute atomic E-state index is 14.4. The number of hydrogen-bond acceptors (Lipinski definition) is 13. The van der Waals surface area contributed by atoms with Gasteiger partial charge in [-0.15, -0.1) is 11.3 Å². The number of nitrogens with two attached hydrogens (primary N) is 3. The molecule has 2 fully saturated rings. The molecule has 2 aliphatic carbocycles. The largest absolute Gasteiger partial charge is 0.447 e. The van der Waals surface area contributed by atoms with Gasteiger partial charge in [-0.2, -0.15) is 0 Å². The number of carbonyl (C=O) groups is 4. The van der Waals surface area contributed by atoms with Crippen LogP contribution < -0.4 is 17.2 Å². The number of aliphatic imine (C=N–C) groups is 2.